The summed E-state index contributed by atoms with van der Waals surface area (Å²) in [4.78, 5) is 7.12. The van der Waals surface area contributed by atoms with E-state index >= 15 is 0 Å². The zero-order valence-electron chi connectivity index (χ0n) is 40.0. The number of phenols is 4. The SMILES string of the molecule is CCN(CC)CC.CCN(CC)CC.CCN(CC)CC.OB(O)O.Oc1c(F)c(F)c(F)c(F)c1F.Oc1c(F)c(F)c(F)c(F)c1F.Oc1c(F)c(F)c(F)c(F)c1F.Oc1c(F)c(F)c(F)c(F)c1F. The molecule has 420 valence electrons. The second-order valence-electron chi connectivity index (χ2n) is 12.9. The van der Waals surface area contributed by atoms with Crippen molar-refractivity contribution in [2.24, 2.45) is 0 Å². The molecule has 0 amide bonds. The maximum atomic E-state index is 12.2. The maximum Gasteiger partial charge on any atom is 0.631 e. The fraction of sp³-hybridized carbons (Fsp3) is 0.429. The average molecular weight is 1100 g/mol. The van der Waals surface area contributed by atoms with Gasteiger partial charge in [0.05, 0.1) is 0 Å². The van der Waals surface area contributed by atoms with Gasteiger partial charge in [-0.2, -0.15) is 35.1 Å². The van der Waals surface area contributed by atoms with E-state index in [9.17, 15) is 87.8 Å². The smallest absolute Gasteiger partial charge is 0.503 e. The number of hydrogen-bond acceptors (Lipinski definition) is 10. The van der Waals surface area contributed by atoms with Crippen LogP contribution >= 0.6 is 0 Å². The van der Waals surface area contributed by atoms with Crippen molar-refractivity contribution in [3.8, 4) is 23.0 Å². The third kappa shape index (κ3) is 23.5. The molecule has 0 unspecified atom stereocenters. The number of halogens is 20. The molecule has 0 aliphatic heterocycles. The highest BCUT2D eigenvalue weighted by molar-refractivity contribution is 6.30. The summed E-state index contributed by atoms with van der Waals surface area (Å²) in [5, 5.41) is 54.7. The minimum Gasteiger partial charge on any atom is -0.503 e. The van der Waals surface area contributed by atoms with Crippen LogP contribution in [0.15, 0.2) is 0 Å². The van der Waals surface area contributed by atoms with E-state index in [-0.39, 0.29) is 0 Å². The Labute approximate surface area is 405 Å². The van der Waals surface area contributed by atoms with E-state index in [2.05, 4.69) is 77.0 Å². The van der Waals surface area contributed by atoms with Gasteiger partial charge in [0, 0.05) is 0 Å². The molecule has 0 spiro atoms. The predicted octanol–water partition coefficient (Wildman–Crippen LogP) is 10.3. The van der Waals surface area contributed by atoms with Gasteiger partial charge in [-0.1, -0.05) is 62.3 Å². The van der Waals surface area contributed by atoms with Crippen molar-refractivity contribution in [1.82, 2.24) is 14.7 Å². The van der Waals surface area contributed by atoms with E-state index in [1.54, 1.807) is 0 Å². The standard InChI is InChI=1S/4C6HF5O.3C6H15N.BH3O3/c4*7-1-2(8)4(10)6(12)5(11)3(1)9;3*1-4-7(5-2)6-3;2-1(3)4/h4*12H;3*4-6H2,1-3H3;2-4H. The molecular formula is C42H52BF20N3O7. The lowest BCUT2D eigenvalue weighted by atomic mass is 10.3. The van der Waals surface area contributed by atoms with Gasteiger partial charge in [-0.05, 0) is 58.9 Å². The second kappa shape index (κ2) is 37.3. The summed E-state index contributed by atoms with van der Waals surface area (Å²) >= 11 is 0. The lowest BCUT2D eigenvalue weighted by Crippen LogP contribution is -2.21. The molecule has 73 heavy (non-hydrogen) atoms. The van der Waals surface area contributed by atoms with Crippen LogP contribution in [0, 0.1) is 116 Å². The number of hydrogen-bond donors (Lipinski definition) is 7. The molecule has 7 N–H and O–H groups in total. The van der Waals surface area contributed by atoms with Crippen molar-refractivity contribution in [2.45, 2.75) is 62.3 Å². The van der Waals surface area contributed by atoms with Gasteiger partial charge in [-0.15, -0.1) is 0 Å². The first-order valence-corrected chi connectivity index (χ1v) is 20.7. The van der Waals surface area contributed by atoms with Crippen molar-refractivity contribution >= 4 is 7.32 Å². The Hall–Kier alpha value is -5.50. The van der Waals surface area contributed by atoms with E-state index in [0.717, 1.165) is 0 Å². The molecule has 0 fully saturated rings. The Morgan fingerprint density at radius 3 is 0.342 bits per heavy atom. The largest absolute Gasteiger partial charge is 0.631 e. The molecule has 0 heterocycles. The number of benzene rings is 4. The first-order chi connectivity index (χ1) is 33.6. The van der Waals surface area contributed by atoms with Gasteiger partial charge in [-0.25, -0.2) is 52.7 Å². The molecule has 0 aromatic heterocycles. The quantitative estimate of drug-likeness (QED) is 0.0374. The van der Waals surface area contributed by atoms with Gasteiger partial charge in [0.2, 0.25) is 116 Å². The van der Waals surface area contributed by atoms with E-state index < -0.39 is 147 Å². The van der Waals surface area contributed by atoms with Crippen LogP contribution in [0.5, 0.6) is 23.0 Å². The van der Waals surface area contributed by atoms with Gasteiger partial charge in [-0.3, -0.25) is 0 Å². The average Bonchev–Trinajstić information content (AvgIpc) is 3.38. The summed E-state index contributed by atoms with van der Waals surface area (Å²) in [5.41, 5.74) is 0. The van der Waals surface area contributed by atoms with E-state index in [4.69, 9.17) is 35.5 Å². The lowest BCUT2D eigenvalue weighted by Gasteiger charge is -2.13. The maximum absolute atomic E-state index is 12.2. The fourth-order valence-electron chi connectivity index (χ4n) is 4.39. The minimum absolute atomic E-state index is 1.19. The summed E-state index contributed by atoms with van der Waals surface area (Å²) in [6.45, 7) is 30.4. The third-order valence-electron chi connectivity index (χ3n) is 8.77. The number of phenolic OH excluding ortho intramolecular Hbond substituents is 4. The van der Waals surface area contributed by atoms with Crippen molar-refractivity contribution in [3.63, 3.8) is 0 Å². The van der Waals surface area contributed by atoms with E-state index in [0.29, 0.717) is 0 Å². The minimum atomic E-state index is -2.29. The van der Waals surface area contributed by atoms with Crippen LogP contribution in [-0.2, 0) is 0 Å². The molecule has 0 bridgehead atoms. The number of aromatic hydroxyl groups is 4. The Balaban J connectivity index is -0.000000381. The Morgan fingerprint density at radius 2 is 0.288 bits per heavy atom. The van der Waals surface area contributed by atoms with E-state index in [1.807, 2.05) is 0 Å². The third-order valence-corrected chi connectivity index (χ3v) is 8.77. The van der Waals surface area contributed by atoms with Crippen LogP contribution in [0.3, 0.4) is 0 Å². The van der Waals surface area contributed by atoms with Crippen molar-refractivity contribution in [3.05, 3.63) is 116 Å². The first-order valence-electron chi connectivity index (χ1n) is 20.7. The summed E-state index contributed by atoms with van der Waals surface area (Å²) in [6.07, 6.45) is 0. The molecule has 0 aliphatic rings. The van der Waals surface area contributed by atoms with Crippen LogP contribution in [0.25, 0.3) is 0 Å². The molecule has 0 aliphatic carbocycles. The van der Waals surface area contributed by atoms with E-state index in [1.165, 1.54) is 58.9 Å². The van der Waals surface area contributed by atoms with Crippen LogP contribution in [-0.4, -0.2) is 116 Å². The first kappa shape index (κ1) is 74.0. The van der Waals surface area contributed by atoms with Crippen molar-refractivity contribution in [1.29, 1.82) is 0 Å². The van der Waals surface area contributed by atoms with Crippen LogP contribution < -0.4 is 0 Å². The topological polar surface area (TPSA) is 151 Å². The Bertz CT molecular complexity index is 1540. The van der Waals surface area contributed by atoms with Crippen molar-refractivity contribution in [2.75, 3.05) is 58.9 Å². The molecule has 0 saturated heterocycles. The molecule has 0 atom stereocenters. The monoisotopic (exact) mass is 1100 g/mol. The van der Waals surface area contributed by atoms with Crippen LogP contribution in [0.4, 0.5) is 87.8 Å². The number of rotatable bonds is 9. The number of nitrogens with zero attached hydrogens (tertiary/aromatic N) is 3. The second-order valence-corrected chi connectivity index (χ2v) is 12.9. The molecule has 4 aromatic carbocycles. The highest BCUT2D eigenvalue weighted by Crippen LogP contribution is 2.30. The zero-order chi connectivity index (χ0) is 58.5. The lowest BCUT2D eigenvalue weighted by molar-refractivity contribution is 0.278. The van der Waals surface area contributed by atoms with Gasteiger partial charge in [0.25, 0.3) is 0 Å². The zero-order valence-corrected chi connectivity index (χ0v) is 40.0. The Morgan fingerprint density at radius 1 is 0.219 bits per heavy atom. The van der Waals surface area contributed by atoms with Gasteiger partial charge in [0.15, 0.2) is 23.0 Å². The summed E-state index contributed by atoms with van der Waals surface area (Å²) in [7, 11) is -2.17. The normalized spacial score (nSPS) is 10.2. The molecule has 4 rings (SSSR count). The molecule has 10 nitrogen and oxygen atoms in total. The highest BCUT2D eigenvalue weighted by Gasteiger charge is 2.28. The van der Waals surface area contributed by atoms with Crippen molar-refractivity contribution < 1.29 is 123 Å². The van der Waals surface area contributed by atoms with Crippen LogP contribution in [0.2, 0.25) is 0 Å². The Kier molecular flexibility index (Phi) is 37.8. The molecular weight excluding hydrogens is 1050 g/mol. The molecule has 4 aromatic rings. The summed E-state index contributed by atoms with van der Waals surface area (Å²) in [6, 6.07) is 0. The summed E-state index contributed by atoms with van der Waals surface area (Å²) < 4.78 is 243. The highest BCUT2D eigenvalue weighted by atomic mass is 19.2. The van der Waals surface area contributed by atoms with Gasteiger partial charge in [0.1, 0.15) is 0 Å². The fourth-order valence-corrected chi connectivity index (χ4v) is 4.39. The van der Waals surface area contributed by atoms with Crippen LogP contribution in [0.1, 0.15) is 62.3 Å². The molecule has 0 radical (unpaired) electrons. The molecule has 31 heteroatoms. The molecule has 0 saturated carbocycles. The predicted molar refractivity (Wildman–Crippen MR) is 224 cm³/mol. The van der Waals surface area contributed by atoms with Gasteiger partial charge < -0.3 is 50.2 Å². The summed E-state index contributed by atoms with van der Waals surface area (Å²) in [5.74, 6) is -51.8. The van der Waals surface area contributed by atoms with Gasteiger partial charge >= 0.3 is 7.32 Å².